The van der Waals surface area contributed by atoms with Crippen LogP contribution in [0.1, 0.15) is 13.8 Å². The summed E-state index contributed by atoms with van der Waals surface area (Å²) in [5.41, 5.74) is 0. The van der Waals surface area contributed by atoms with Gasteiger partial charge < -0.3 is 0 Å². The molecule has 0 amide bonds. The van der Waals surface area contributed by atoms with E-state index in [9.17, 15) is 0 Å². The van der Waals surface area contributed by atoms with Crippen molar-refractivity contribution in [1.82, 2.24) is 5.01 Å². The molecule has 4 heteroatoms. The van der Waals surface area contributed by atoms with Crippen molar-refractivity contribution in [2.45, 2.75) is 13.8 Å². The molecule has 0 aliphatic carbocycles. The van der Waals surface area contributed by atoms with E-state index >= 15 is 0 Å². The predicted molar refractivity (Wildman–Crippen MR) is 57.8 cm³/mol. The Morgan fingerprint density at radius 3 is 2.36 bits per heavy atom. The summed E-state index contributed by atoms with van der Waals surface area (Å²) in [5.74, 6) is 0.528. The average molecular weight is 200 g/mol. The van der Waals surface area contributed by atoms with E-state index in [4.69, 9.17) is 4.84 Å². The molecule has 0 aromatic heterocycles. The number of rotatable bonds is 3. The summed E-state index contributed by atoms with van der Waals surface area (Å²) in [6.45, 7) is 8.25. The Morgan fingerprint density at radius 2 is 1.93 bits per heavy atom. The van der Waals surface area contributed by atoms with Gasteiger partial charge in [0, 0.05) is 6.21 Å². The Bertz CT molecular complexity index is 196. The lowest BCUT2D eigenvalue weighted by atomic mass is 10.3. The third-order valence-electron chi connectivity index (χ3n) is 2.63. The second kappa shape index (κ2) is 4.75. The van der Waals surface area contributed by atoms with Gasteiger partial charge in [0.2, 0.25) is 0 Å². The molecular weight excluding hydrogens is 178 g/mol. The highest BCUT2D eigenvalue weighted by atomic mass is 16.7. The zero-order valence-corrected chi connectivity index (χ0v) is 9.73. The molecule has 0 saturated carbocycles. The SMILES string of the molecule is CO[N+]1(C)CCN(/N=C/C(C)C)CC1. The summed E-state index contributed by atoms with van der Waals surface area (Å²) >= 11 is 0. The summed E-state index contributed by atoms with van der Waals surface area (Å²) in [7, 11) is 3.89. The Kier molecular flexibility index (Phi) is 3.89. The van der Waals surface area contributed by atoms with Crippen molar-refractivity contribution in [2.75, 3.05) is 40.3 Å². The fourth-order valence-electron chi connectivity index (χ4n) is 1.40. The van der Waals surface area contributed by atoms with Crippen molar-refractivity contribution in [3.63, 3.8) is 0 Å². The van der Waals surface area contributed by atoms with Crippen LogP contribution < -0.4 is 0 Å². The summed E-state index contributed by atoms with van der Waals surface area (Å²) in [5, 5.41) is 6.55. The Hall–Kier alpha value is -0.610. The van der Waals surface area contributed by atoms with E-state index in [1.165, 1.54) is 0 Å². The first-order valence-corrected chi connectivity index (χ1v) is 5.25. The lowest BCUT2D eigenvalue weighted by molar-refractivity contribution is -1.09. The van der Waals surface area contributed by atoms with Crippen LogP contribution in [0.4, 0.5) is 0 Å². The molecule has 0 bridgehead atoms. The van der Waals surface area contributed by atoms with E-state index in [2.05, 4.69) is 31.0 Å². The number of hydrazone groups is 1. The number of piperazine rings is 1. The molecule has 1 fully saturated rings. The van der Waals surface area contributed by atoms with Crippen LogP contribution in [0.5, 0.6) is 0 Å². The molecule has 0 N–H and O–H groups in total. The molecule has 1 aliphatic heterocycles. The minimum absolute atomic E-state index is 0.528. The molecule has 14 heavy (non-hydrogen) atoms. The zero-order valence-electron chi connectivity index (χ0n) is 9.73. The van der Waals surface area contributed by atoms with Gasteiger partial charge in [-0.15, -0.1) is 0 Å². The van der Waals surface area contributed by atoms with E-state index < -0.39 is 0 Å². The van der Waals surface area contributed by atoms with Gasteiger partial charge in [0.05, 0.1) is 27.2 Å². The molecule has 0 aromatic rings. The highest BCUT2D eigenvalue weighted by Gasteiger charge is 2.28. The molecule has 0 radical (unpaired) electrons. The van der Waals surface area contributed by atoms with Crippen molar-refractivity contribution in [3.05, 3.63) is 0 Å². The fraction of sp³-hybridized carbons (Fsp3) is 0.900. The van der Waals surface area contributed by atoms with E-state index in [-0.39, 0.29) is 0 Å². The molecule has 0 unspecified atom stereocenters. The molecule has 1 saturated heterocycles. The van der Waals surface area contributed by atoms with Gasteiger partial charge in [0.1, 0.15) is 13.1 Å². The second-order valence-corrected chi connectivity index (χ2v) is 4.39. The van der Waals surface area contributed by atoms with Gasteiger partial charge in [-0.3, -0.25) is 5.01 Å². The number of hydrogen-bond donors (Lipinski definition) is 0. The van der Waals surface area contributed by atoms with Gasteiger partial charge >= 0.3 is 0 Å². The smallest absolute Gasteiger partial charge is 0.128 e. The summed E-state index contributed by atoms with van der Waals surface area (Å²) in [6, 6.07) is 0. The zero-order chi connectivity index (χ0) is 10.6. The highest BCUT2D eigenvalue weighted by Crippen LogP contribution is 2.09. The number of hydroxylamine groups is 3. The normalized spacial score (nSPS) is 22.2. The maximum absolute atomic E-state index is 5.41. The van der Waals surface area contributed by atoms with Gasteiger partial charge in [-0.05, 0) is 5.92 Å². The van der Waals surface area contributed by atoms with Gasteiger partial charge in [0.15, 0.2) is 0 Å². The van der Waals surface area contributed by atoms with E-state index in [1.807, 2.05) is 6.21 Å². The lowest BCUT2D eigenvalue weighted by Gasteiger charge is -2.37. The Morgan fingerprint density at radius 1 is 1.36 bits per heavy atom. The molecule has 82 valence electrons. The number of likely N-dealkylation sites (N-methyl/N-ethyl adjacent to an activating group) is 1. The van der Waals surface area contributed by atoms with E-state index in [0.29, 0.717) is 10.6 Å². The monoisotopic (exact) mass is 200 g/mol. The molecular formula is C10H22N3O+. The molecule has 1 rings (SSSR count). The van der Waals surface area contributed by atoms with Crippen LogP contribution >= 0.6 is 0 Å². The minimum Gasteiger partial charge on any atom is -0.286 e. The average Bonchev–Trinajstić information content (AvgIpc) is 2.17. The van der Waals surface area contributed by atoms with Crippen molar-refractivity contribution in [2.24, 2.45) is 11.0 Å². The number of nitrogens with zero attached hydrogens (tertiary/aromatic N) is 3. The van der Waals surface area contributed by atoms with Gasteiger partial charge in [-0.1, -0.05) is 13.8 Å². The van der Waals surface area contributed by atoms with Crippen LogP contribution in [-0.2, 0) is 4.84 Å². The summed E-state index contributed by atoms with van der Waals surface area (Å²) in [6.07, 6.45) is 2.00. The molecule has 0 spiro atoms. The van der Waals surface area contributed by atoms with Crippen LogP contribution in [0.25, 0.3) is 0 Å². The van der Waals surface area contributed by atoms with Gasteiger partial charge in [0.25, 0.3) is 0 Å². The van der Waals surface area contributed by atoms with Crippen LogP contribution in [0.3, 0.4) is 0 Å². The van der Waals surface area contributed by atoms with E-state index in [1.54, 1.807) is 7.11 Å². The van der Waals surface area contributed by atoms with Crippen LogP contribution in [0, 0.1) is 5.92 Å². The third-order valence-corrected chi connectivity index (χ3v) is 2.63. The number of quaternary nitrogens is 1. The Labute approximate surface area is 86.7 Å². The second-order valence-electron chi connectivity index (χ2n) is 4.39. The van der Waals surface area contributed by atoms with Crippen molar-refractivity contribution < 1.29 is 9.48 Å². The van der Waals surface area contributed by atoms with Crippen LogP contribution in [0.15, 0.2) is 5.10 Å². The van der Waals surface area contributed by atoms with Gasteiger partial charge in [-0.2, -0.15) is 9.75 Å². The van der Waals surface area contributed by atoms with Crippen LogP contribution in [-0.4, -0.2) is 56.2 Å². The summed E-state index contributed by atoms with van der Waals surface area (Å²) < 4.78 is 0.702. The molecule has 1 aliphatic rings. The van der Waals surface area contributed by atoms with Gasteiger partial charge in [-0.25, -0.2) is 4.84 Å². The first-order valence-electron chi connectivity index (χ1n) is 5.25. The lowest BCUT2D eigenvalue weighted by Crippen LogP contribution is -2.55. The summed E-state index contributed by atoms with van der Waals surface area (Å²) in [4.78, 5) is 5.41. The largest absolute Gasteiger partial charge is 0.286 e. The number of hydrogen-bond acceptors (Lipinski definition) is 3. The fourth-order valence-corrected chi connectivity index (χ4v) is 1.40. The first kappa shape index (κ1) is 11.5. The van der Waals surface area contributed by atoms with Crippen molar-refractivity contribution in [3.8, 4) is 0 Å². The quantitative estimate of drug-likeness (QED) is 0.500. The first-order chi connectivity index (χ1) is 6.56. The van der Waals surface area contributed by atoms with Crippen LogP contribution in [0.2, 0.25) is 0 Å². The molecule has 1 heterocycles. The molecule has 0 atom stereocenters. The highest BCUT2D eigenvalue weighted by molar-refractivity contribution is 5.59. The third kappa shape index (κ3) is 3.27. The maximum Gasteiger partial charge on any atom is 0.128 e. The Balaban J connectivity index is 2.36. The topological polar surface area (TPSA) is 24.8 Å². The van der Waals surface area contributed by atoms with E-state index in [0.717, 1.165) is 26.2 Å². The molecule has 0 aromatic carbocycles. The van der Waals surface area contributed by atoms with Crippen molar-refractivity contribution in [1.29, 1.82) is 0 Å². The van der Waals surface area contributed by atoms with Crippen molar-refractivity contribution >= 4 is 6.21 Å². The maximum atomic E-state index is 5.41. The predicted octanol–water partition coefficient (Wildman–Crippen LogP) is 0.952. The minimum atomic E-state index is 0.528. The molecule has 4 nitrogen and oxygen atoms in total. The standard InChI is InChI=1S/C10H22N3O/c1-10(2)9-11-12-5-7-13(3,14-4)8-6-12/h9-10H,5-8H2,1-4H3/q+1/b11-9+.